The van der Waals surface area contributed by atoms with Crippen LogP contribution in [0.1, 0.15) is 12.5 Å². The minimum atomic E-state index is -0.132. The van der Waals surface area contributed by atoms with E-state index in [1.165, 1.54) is 11.3 Å². The second kappa shape index (κ2) is 6.19. The van der Waals surface area contributed by atoms with Gasteiger partial charge in [-0.3, -0.25) is 9.36 Å². The average molecular weight is 316 g/mol. The van der Waals surface area contributed by atoms with E-state index in [2.05, 4.69) is 23.5 Å². The number of aromatic nitrogens is 2. The first-order chi connectivity index (χ1) is 10.5. The Kier molecular flexibility index (Phi) is 4.51. The lowest BCUT2D eigenvalue weighted by Gasteiger charge is -2.21. The molecule has 0 amide bonds. The van der Waals surface area contributed by atoms with Gasteiger partial charge in [-0.15, -0.1) is 11.3 Å². The number of anilines is 1. The Labute approximate surface area is 133 Å². The summed E-state index contributed by atoms with van der Waals surface area (Å²) in [6, 6.07) is 0. The SMILES string of the molecule is C=CC(=C)n1c(=O)c(C(=CC)NC)c(N(C)C)c2ncsc21. The van der Waals surface area contributed by atoms with E-state index in [0.717, 1.165) is 21.7 Å². The highest BCUT2D eigenvalue weighted by atomic mass is 32.1. The van der Waals surface area contributed by atoms with Crippen molar-refractivity contribution in [2.24, 2.45) is 0 Å². The third-order valence-electron chi connectivity index (χ3n) is 3.43. The van der Waals surface area contributed by atoms with Crippen LogP contribution in [-0.4, -0.2) is 30.7 Å². The molecule has 0 saturated heterocycles. The maximum absolute atomic E-state index is 13.1. The van der Waals surface area contributed by atoms with Gasteiger partial charge in [-0.2, -0.15) is 0 Å². The summed E-state index contributed by atoms with van der Waals surface area (Å²) in [7, 11) is 5.62. The Morgan fingerprint density at radius 3 is 2.68 bits per heavy atom. The molecule has 0 aliphatic carbocycles. The zero-order valence-corrected chi connectivity index (χ0v) is 14.1. The van der Waals surface area contributed by atoms with Crippen LogP contribution >= 0.6 is 11.3 Å². The molecule has 2 rings (SSSR count). The number of thiazole rings is 1. The van der Waals surface area contributed by atoms with Crippen molar-refractivity contribution < 1.29 is 0 Å². The molecule has 116 valence electrons. The van der Waals surface area contributed by atoms with E-state index in [9.17, 15) is 4.79 Å². The van der Waals surface area contributed by atoms with Gasteiger partial charge in [-0.05, 0) is 13.0 Å². The van der Waals surface area contributed by atoms with E-state index >= 15 is 0 Å². The zero-order chi connectivity index (χ0) is 16.4. The monoisotopic (exact) mass is 316 g/mol. The van der Waals surface area contributed by atoms with Gasteiger partial charge < -0.3 is 10.2 Å². The molecule has 0 spiro atoms. The number of hydrogen-bond acceptors (Lipinski definition) is 5. The summed E-state index contributed by atoms with van der Waals surface area (Å²) in [6.07, 6.45) is 3.46. The van der Waals surface area contributed by atoms with E-state index in [1.807, 2.05) is 32.0 Å². The topological polar surface area (TPSA) is 50.2 Å². The molecular formula is C16H20N4OS. The first kappa shape index (κ1) is 16.0. The standard InChI is InChI=1S/C16H20N4OS/c1-7-10(3)20-15(21)12(11(8-2)17-4)14(19(5)6)13-16(20)22-9-18-13/h7-9,17H,1,3H2,2,4-6H3. The maximum atomic E-state index is 13.1. The summed E-state index contributed by atoms with van der Waals surface area (Å²) >= 11 is 1.42. The van der Waals surface area contributed by atoms with Gasteiger partial charge in [0.25, 0.3) is 5.56 Å². The van der Waals surface area contributed by atoms with Gasteiger partial charge in [-0.1, -0.05) is 19.2 Å². The second-order valence-corrected chi connectivity index (χ2v) is 5.75. The van der Waals surface area contributed by atoms with Crippen LogP contribution in [0.4, 0.5) is 5.69 Å². The van der Waals surface area contributed by atoms with Crippen LogP contribution in [0, 0.1) is 0 Å². The summed E-state index contributed by atoms with van der Waals surface area (Å²) in [5.41, 5.74) is 5.07. The van der Waals surface area contributed by atoms with Crippen molar-refractivity contribution >= 4 is 38.8 Å². The number of fused-ring (bicyclic) bond motifs is 1. The van der Waals surface area contributed by atoms with Crippen LogP contribution in [0.15, 0.2) is 35.6 Å². The van der Waals surface area contributed by atoms with E-state index in [-0.39, 0.29) is 5.56 Å². The van der Waals surface area contributed by atoms with Crippen LogP contribution in [-0.2, 0) is 0 Å². The Morgan fingerprint density at radius 1 is 1.50 bits per heavy atom. The van der Waals surface area contributed by atoms with E-state index < -0.39 is 0 Å². The van der Waals surface area contributed by atoms with Crippen molar-refractivity contribution in [2.45, 2.75) is 6.92 Å². The molecular weight excluding hydrogens is 296 g/mol. The molecule has 0 aliphatic rings. The van der Waals surface area contributed by atoms with Gasteiger partial charge in [0, 0.05) is 32.5 Å². The first-order valence-corrected chi connectivity index (χ1v) is 7.71. The Hall–Kier alpha value is -2.34. The highest BCUT2D eigenvalue weighted by molar-refractivity contribution is 7.16. The molecule has 5 nitrogen and oxygen atoms in total. The lowest BCUT2D eigenvalue weighted by molar-refractivity contribution is 1.03. The predicted molar refractivity (Wildman–Crippen MR) is 96.4 cm³/mol. The Balaban J connectivity index is 3.08. The first-order valence-electron chi connectivity index (χ1n) is 6.83. The minimum Gasteiger partial charge on any atom is -0.388 e. The Bertz CT molecular complexity index is 827. The predicted octanol–water partition coefficient (Wildman–Crippen LogP) is 2.76. The average Bonchev–Trinajstić information content (AvgIpc) is 2.96. The second-order valence-electron chi connectivity index (χ2n) is 4.91. The molecule has 2 aromatic rings. The fourth-order valence-electron chi connectivity index (χ4n) is 2.43. The molecule has 0 saturated carbocycles. The van der Waals surface area contributed by atoms with Gasteiger partial charge in [0.05, 0.1) is 16.8 Å². The third kappa shape index (κ3) is 2.35. The minimum absolute atomic E-state index is 0.132. The molecule has 0 fully saturated rings. The van der Waals surface area contributed by atoms with Crippen LogP contribution in [0.25, 0.3) is 21.7 Å². The molecule has 0 aromatic carbocycles. The normalized spacial score (nSPS) is 11.5. The highest BCUT2D eigenvalue weighted by Gasteiger charge is 2.22. The number of pyridine rings is 1. The third-order valence-corrected chi connectivity index (χ3v) is 4.24. The lowest BCUT2D eigenvalue weighted by atomic mass is 10.1. The summed E-state index contributed by atoms with van der Waals surface area (Å²) in [5.74, 6) is 0. The number of hydrogen-bond donors (Lipinski definition) is 1. The van der Waals surface area contributed by atoms with Crippen LogP contribution in [0.3, 0.4) is 0 Å². The van der Waals surface area contributed by atoms with E-state index in [0.29, 0.717) is 11.3 Å². The van der Waals surface area contributed by atoms with Crippen molar-refractivity contribution in [2.75, 3.05) is 26.0 Å². The molecule has 22 heavy (non-hydrogen) atoms. The molecule has 0 bridgehead atoms. The molecule has 2 aromatic heterocycles. The van der Waals surface area contributed by atoms with Crippen molar-refractivity contribution in [1.29, 1.82) is 0 Å². The van der Waals surface area contributed by atoms with Crippen molar-refractivity contribution in [3.8, 4) is 0 Å². The summed E-state index contributed by atoms with van der Waals surface area (Å²) in [4.78, 5) is 20.2. The van der Waals surface area contributed by atoms with Gasteiger partial charge in [-0.25, -0.2) is 4.98 Å². The van der Waals surface area contributed by atoms with Crippen LogP contribution < -0.4 is 15.8 Å². The van der Waals surface area contributed by atoms with Crippen molar-refractivity contribution in [3.05, 3.63) is 46.7 Å². The van der Waals surface area contributed by atoms with Crippen molar-refractivity contribution in [1.82, 2.24) is 14.9 Å². The molecule has 6 heteroatoms. The summed E-state index contributed by atoms with van der Waals surface area (Å²) in [5, 5.41) is 3.09. The number of nitrogens with one attached hydrogen (secondary N) is 1. The largest absolute Gasteiger partial charge is 0.388 e. The summed E-state index contributed by atoms with van der Waals surface area (Å²) in [6.45, 7) is 9.55. The number of rotatable bonds is 5. The van der Waals surface area contributed by atoms with E-state index in [1.54, 1.807) is 23.2 Å². The molecule has 0 unspecified atom stereocenters. The summed E-state index contributed by atoms with van der Waals surface area (Å²) < 4.78 is 1.57. The smallest absolute Gasteiger partial charge is 0.267 e. The molecule has 1 N–H and O–H groups in total. The van der Waals surface area contributed by atoms with E-state index in [4.69, 9.17) is 0 Å². The van der Waals surface area contributed by atoms with Crippen molar-refractivity contribution in [3.63, 3.8) is 0 Å². The maximum Gasteiger partial charge on any atom is 0.267 e. The Morgan fingerprint density at radius 2 is 2.18 bits per heavy atom. The van der Waals surface area contributed by atoms with Gasteiger partial charge in [0.2, 0.25) is 0 Å². The highest BCUT2D eigenvalue weighted by Crippen LogP contribution is 2.32. The fourth-order valence-corrected chi connectivity index (χ4v) is 3.25. The fraction of sp³-hybridized carbons (Fsp3) is 0.250. The van der Waals surface area contributed by atoms with Gasteiger partial charge in [0.15, 0.2) is 0 Å². The van der Waals surface area contributed by atoms with Crippen LogP contribution in [0.2, 0.25) is 0 Å². The molecule has 0 aliphatic heterocycles. The van der Waals surface area contributed by atoms with Gasteiger partial charge >= 0.3 is 0 Å². The molecule has 0 atom stereocenters. The molecule has 2 heterocycles. The quantitative estimate of drug-likeness (QED) is 0.862. The molecule has 0 radical (unpaired) electrons. The van der Waals surface area contributed by atoms with Crippen LogP contribution in [0.5, 0.6) is 0 Å². The zero-order valence-electron chi connectivity index (χ0n) is 13.3. The van der Waals surface area contributed by atoms with Gasteiger partial charge in [0.1, 0.15) is 10.3 Å². The lowest BCUT2D eigenvalue weighted by Crippen LogP contribution is -2.28. The number of nitrogens with zero attached hydrogens (tertiary/aromatic N) is 3. The number of allylic oxidation sites excluding steroid dienone is 3.